The molecular weight excluding hydrogens is 236 g/mol. The molecule has 0 saturated heterocycles. The van der Waals surface area contributed by atoms with E-state index >= 15 is 0 Å². The largest absolute Gasteiger partial charge is 0.507 e. The monoisotopic (exact) mass is 246 g/mol. The average Bonchev–Trinajstić information content (AvgIpc) is 2.24. The number of aliphatic hydroxyl groups excluding tert-OH is 1. The second kappa shape index (κ2) is 3.80. The lowest BCUT2D eigenvalue weighted by Crippen LogP contribution is -2.20. The molecule has 0 amide bonds. The molecule has 0 bridgehead atoms. The van der Waals surface area contributed by atoms with E-state index in [9.17, 15) is 24.6 Å². The van der Waals surface area contributed by atoms with E-state index in [1.165, 1.54) is 13.8 Å². The van der Waals surface area contributed by atoms with Gasteiger partial charge in [-0.1, -0.05) is 0 Å². The summed E-state index contributed by atoms with van der Waals surface area (Å²) >= 11 is 0. The third kappa shape index (κ3) is 1.52. The van der Waals surface area contributed by atoms with Gasteiger partial charge in [0.15, 0.2) is 5.78 Å². The van der Waals surface area contributed by atoms with Crippen LogP contribution in [0.2, 0.25) is 0 Å². The van der Waals surface area contributed by atoms with Gasteiger partial charge < -0.3 is 10.2 Å². The summed E-state index contributed by atoms with van der Waals surface area (Å²) in [7, 11) is 0. The third-order valence-corrected chi connectivity index (χ3v) is 2.90. The number of allylic oxidation sites excluding steroid dienone is 1. The molecule has 0 heterocycles. The zero-order valence-corrected chi connectivity index (χ0v) is 9.77. The summed E-state index contributed by atoms with van der Waals surface area (Å²) in [5, 5.41) is 19.4. The summed E-state index contributed by atoms with van der Waals surface area (Å²) in [6.07, 6.45) is 0.818. The Kier molecular flexibility index (Phi) is 2.54. The number of phenolic OH excluding ortho intramolecular Hbond substituents is 1. The van der Waals surface area contributed by atoms with Crippen LogP contribution in [0.1, 0.15) is 38.8 Å². The number of hydrogen-bond donors (Lipinski definition) is 2. The molecule has 92 valence electrons. The number of ketones is 3. The van der Waals surface area contributed by atoms with Crippen LogP contribution in [0.25, 0.3) is 5.76 Å². The highest BCUT2D eigenvalue weighted by molar-refractivity contribution is 6.50. The quantitative estimate of drug-likeness (QED) is 0.579. The SMILES string of the molecule is CC(=O)c1c(O)cc2c(c1C)C(O)=CC(=O)C2=O. The molecule has 0 unspecified atom stereocenters. The number of phenols is 1. The van der Waals surface area contributed by atoms with Gasteiger partial charge in [0, 0.05) is 17.2 Å². The number of aliphatic hydroxyl groups is 1. The van der Waals surface area contributed by atoms with Crippen molar-refractivity contribution < 1.29 is 24.6 Å². The number of benzene rings is 1. The van der Waals surface area contributed by atoms with Gasteiger partial charge in [-0.25, -0.2) is 0 Å². The Morgan fingerprint density at radius 2 is 1.83 bits per heavy atom. The van der Waals surface area contributed by atoms with E-state index in [1.807, 2.05) is 0 Å². The van der Waals surface area contributed by atoms with E-state index in [0.717, 1.165) is 12.1 Å². The van der Waals surface area contributed by atoms with E-state index in [0.29, 0.717) is 0 Å². The van der Waals surface area contributed by atoms with Crippen LogP contribution in [-0.2, 0) is 4.79 Å². The molecule has 0 radical (unpaired) electrons. The fourth-order valence-corrected chi connectivity index (χ4v) is 2.15. The zero-order valence-electron chi connectivity index (χ0n) is 9.77. The van der Waals surface area contributed by atoms with Crippen LogP contribution in [0.5, 0.6) is 5.75 Å². The van der Waals surface area contributed by atoms with Crippen LogP contribution in [0.4, 0.5) is 0 Å². The van der Waals surface area contributed by atoms with Crippen LogP contribution in [0.15, 0.2) is 12.1 Å². The molecule has 0 aliphatic heterocycles. The van der Waals surface area contributed by atoms with E-state index in [4.69, 9.17) is 0 Å². The molecule has 18 heavy (non-hydrogen) atoms. The van der Waals surface area contributed by atoms with Gasteiger partial charge in [0.1, 0.15) is 11.5 Å². The maximum Gasteiger partial charge on any atom is 0.233 e. The van der Waals surface area contributed by atoms with Gasteiger partial charge in [-0.05, 0) is 25.5 Å². The Labute approximate surface area is 102 Å². The minimum atomic E-state index is -0.852. The van der Waals surface area contributed by atoms with Crippen molar-refractivity contribution >= 4 is 23.1 Å². The molecule has 1 aromatic rings. The average molecular weight is 246 g/mol. The second-order valence-corrected chi connectivity index (χ2v) is 4.10. The predicted molar refractivity (Wildman–Crippen MR) is 62.8 cm³/mol. The predicted octanol–water partition coefficient (Wildman–Crippen LogP) is 1.57. The molecule has 0 atom stereocenters. The summed E-state index contributed by atoms with van der Waals surface area (Å²) in [5.74, 6) is -2.78. The van der Waals surface area contributed by atoms with Gasteiger partial charge in [0.05, 0.1) is 5.56 Å². The topological polar surface area (TPSA) is 91.7 Å². The number of carbonyl (C=O) groups is 3. The van der Waals surface area contributed by atoms with Gasteiger partial charge >= 0.3 is 0 Å². The van der Waals surface area contributed by atoms with Crippen LogP contribution >= 0.6 is 0 Å². The summed E-state index contributed by atoms with van der Waals surface area (Å²) in [6, 6.07) is 1.04. The number of aromatic hydroxyl groups is 1. The van der Waals surface area contributed by atoms with E-state index in [-0.39, 0.29) is 39.5 Å². The number of rotatable bonds is 1. The lowest BCUT2D eigenvalue weighted by molar-refractivity contribution is -0.111. The highest BCUT2D eigenvalue weighted by Gasteiger charge is 2.30. The number of carbonyl (C=O) groups excluding carboxylic acids is 3. The van der Waals surface area contributed by atoms with Gasteiger partial charge in [-0.15, -0.1) is 0 Å². The van der Waals surface area contributed by atoms with Crippen molar-refractivity contribution in [3.8, 4) is 5.75 Å². The first-order valence-electron chi connectivity index (χ1n) is 5.21. The Hall–Kier alpha value is -2.43. The van der Waals surface area contributed by atoms with Crippen molar-refractivity contribution in [3.63, 3.8) is 0 Å². The molecule has 2 N–H and O–H groups in total. The molecule has 5 nitrogen and oxygen atoms in total. The number of hydrogen-bond acceptors (Lipinski definition) is 5. The molecule has 5 heteroatoms. The Morgan fingerprint density at radius 3 is 2.39 bits per heavy atom. The highest BCUT2D eigenvalue weighted by Crippen LogP contribution is 2.34. The third-order valence-electron chi connectivity index (χ3n) is 2.90. The van der Waals surface area contributed by atoms with Crippen molar-refractivity contribution in [1.29, 1.82) is 0 Å². The van der Waals surface area contributed by atoms with E-state index in [1.54, 1.807) is 0 Å². The standard InChI is InChI=1S/C13H10O5/c1-5-11(6(2)14)8(15)3-7-12(5)9(16)4-10(17)13(7)18/h3-4,15-16H,1-2H3. The molecule has 0 spiro atoms. The van der Waals surface area contributed by atoms with Gasteiger partial charge in [-0.2, -0.15) is 0 Å². The minimum absolute atomic E-state index is 0.0378. The Bertz CT molecular complexity index is 637. The first-order valence-corrected chi connectivity index (χ1v) is 5.21. The van der Waals surface area contributed by atoms with E-state index in [2.05, 4.69) is 0 Å². The fourth-order valence-electron chi connectivity index (χ4n) is 2.15. The molecule has 2 rings (SSSR count). The van der Waals surface area contributed by atoms with Gasteiger partial charge in [0.25, 0.3) is 0 Å². The fraction of sp³-hybridized carbons (Fsp3) is 0.154. The number of fused-ring (bicyclic) bond motifs is 1. The minimum Gasteiger partial charge on any atom is -0.507 e. The lowest BCUT2D eigenvalue weighted by Gasteiger charge is -2.17. The van der Waals surface area contributed by atoms with Crippen molar-refractivity contribution in [2.45, 2.75) is 13.8 Å². The summed E-state index contributed by atoms with van der Waals surface area (Å²) in [5.41, 5.74) is 0.366. The van der Waals surface area contributed by atoms with Crippen LogP contribution in [-0.4, -0.2) is 27.6 Å². The van der Waals surface area contributed by atoms with Gasteiger partial charge in [-0.3, -0.25) is 14.4 Å². The van der Waals surface area contributed by atoms with Crippen LogP contribution in [0, 0.1) is 6.92 Å². The molecule has 0 saturated carbocycles. The molecule has 1 aliphatic rings. The highest BCUT2D eigenvalue weighted by atomic mass is 16.3. The molecule has 1 aliphatic carbocycles. The van der Waals surface area contributed by atoms with E-state index < -0.39 is 11.6 Å². The van der Waals surface area contributed by atoms with Crippen LogP contribution in [0.3, 0.4) is 0 Å². The smallest absolute Gasteiger partial charge is 0.233 e. The molecule has 0 aromatic heterocycles. The Morgan fingerprint density at radius 1 is 1.22 bits per heavy atom. The molecule has 0 fully saturated rings. The van der Waals surface area contributed by atoms with Crippen molar-refractivity contribution in [3.05, 3.63) is 34.4 Å². The number of Topliss-reactive ketones (excluding diaryl/α,β-unsaturated/α-hetero) is 2. The summed E-state index contributed by atoms with van der Waals surface area (Å²) in [4.78, 5) is 34.3. The molecule has 1 aromatic carbocycles. The maximum absolute atomic E-state index is 11.6. The second-order valence-electron chi connectivity index (χ2n) is 4.10. The van der Waals surface area contributed by atoms with Crippen molar-refractivity contribution in [1.82, 2.24) is 0 Å². The maximum atomic E-state index is 11.6. The van der Waals surface area contributed by atoms with Crippen LogP contribution < -0.4 is 0 Å². The normalized spacial score (nSPS) is 14.2. The van der Waals surface area contributed by atoms with Crippen molar-refractivity contribution in [2.75, 3.05) is 0 Å². The Balaban J connectivity index is 2.87. The van der Waals surface area contributed by atoms with Crippen molar-refractivity contribution in [2.24, 2.45) is 0 Å². The zero-order chi connectivity index (χ0) is 13.6. The molecular formula is C13H10O5. The van der Waals surface area contributed by atoms with Gasteiger partial charge in [0.2, 0.25) is 11.6 Å². The first-order chi connectivity index (χ1) is 8.34. The summed E-state index contributed by atoms with van der Waals surface area (Å²) < 4.78 is 0. The summed E-state index contributed by atoms with van der Waals surface area (Å²) in [6.45, 7) is 2.77. The lowest BCUT2D eigenvalue weighted by atomic mass is 9.86. The first kappa shape index (κ1) is 12.0.